The molecule has 1 N–H and O–H groups in total. The first kappa shape index (κ1) is 21.1. The number of hydrogen-bond acceptors (Lipinski definition) is 5. The molecule has 0 aromatic carbocycles. The van der Waals surface area contributed by atoms with Crippen LogP contribution in [0.25, 0.3) is 0 Å². The minimum absolute atomic E-state index is 0. The molecule has 8 heteroatoms. The molecule has 7 nitrogen and oxygen atoms in total. The molecular formula is C12H17N2NaO5. The van der Waals surface area contributed by atoms with Gasteiger partial charge in [-0.25, -0.2) is 0 Å². The third-order valence-corrected chi connectivity index (χ3v) is 2.17. The molecule has 0 aliphatic carbocycles. The number of aliphatic carboxylic acids is 1. The number of amides is 3. The van der Waals surface area contributed by atoms with Crippen LogP contribution in [-0.4, -0.2) is 41.7 Å². The van der Waals surface area contributed by atoms with E-state index in [9.17, 15) is 24.3 Å². The van der Waals surface area contributed by atoms with E-state index >= 15 is 0 Å². The summed E-state index contributed by atoms with van der Waals surface area (Å²) in [6.45, 7) is 3.82. The Morgan fingerprint density at radius 1 is 1.15 bits per heavy atom. The largest absolute Gasteiger partial charge is 1.00 e. The van der Waals surface area contributed by atoms with E-state index in [4.69, 9.17) is 0 Å². The van der Waals surface area contributed by atoms with E-state index in [2.05, 4.69) is 5.32 Å². The maximum absolute atomic E-state index is 11.0. The number of hydrogen-bond donors (Lipinski definition) is 1. The molecule has 1 rings (SSSR count). The predicted molar refractivity (Wildman–Crippen MR) is 64.5 cm³/mol. The van der Waals surface area contributed by atoms with Gasteiger partial charge < -0.3 is 15.2 Å². The van der Waals surface area contributed by atoms with E-state index < -0.39 is 5.97 Å². The number of nitrogens with zero attached hydrogens (tertiary/aromatic N) is 1. The van der Waals surface area contributed by atoms with Crippen LogP contribution in [0.2, 0.25) is 0 Å². The molecule has 0 saturated heterocycles. The van der Waals surface area contributed by atoms with Crippen LogP contribution in [-0.2, 0) is 19.2 Å². The van der Waals surface area contributed by atoms with Gasteiger partial charge in [0.1, 0.15) is 0 Å². The zero-order chi connectivity index (χ0) is 14.8. The normalized spacial score (nSPS) is 12.4. The number of carboxylic acids is 1. The third kappa shape index (κ3) is 8.84. The average molecular weight is 292 g/mol. The molecular weight excluding hydrogens is 275 g/mol. The second-order valence-corrected chi connectivity index (χ2v) is 3.59. The summed E-state index contributed by atoms with van der Waals surface area (Å²) in [7, 11) is 0. The Morgan fingerprint density at radius 3 is 1.95 bits per heavy atom. The van der Waals surface area contributed by atoms with Crippen molar-refractivity contribution < 1.29 is 53.8 Å². The molecule has 0 aromatic heterocycles. The fourth-order valence-electron chi connectivity index (χ4n) is 1.08. The molecule has 0 spiro atoms. The van der Waals surface area contributed by atoms with E-state index in [0.717, 1.165) is 4.90 Å². The van der Waals surface area contributed by atoms with Gasteiger partial charge in [0.05, 0.1) is 0 Å². The first-order valence-corrected chi connectivity index (χ1v) is 5.92. The zero-order valence-corrected chi connectivity index (χ0v) is 14.0. The fraction of sp³-hybridized carbons (Fsp3) is 0.500. The summed E-state index contributed by atoms with van der Waals surface area (Å²) < 4.78 is 0. The van der Waals surface area contributed by atoms with Gasteiger partial charge >= 0.3 is 29.6 Å². The molecule has 1 aliphatic rings. The number of rotatable bonds is 5. The number of carbonyl (C=O) groups is 4. The van der Waals surface area contributed by atoms with E-state index in [0.29, 0.717) is 13.0 Å². The zero-order valence-electron chi connectivity index (χ0n) is 12.0. The SMILES string of the molecule is CCC(=O)NCCN1C(=O)C=CC1=O.CCC(=O)[O-].[Na+]. The maximum Gasteiger partial charge on any atom is 1.00 e. The van der Waals surface area contributed by atoms with Gasteiger partial charge in [0.2, 0.25) is 5.91 Å². The molecule has 0 bridgehead atoms. The second-order valence-electron chi connectivity index (χ2n) is 3.59. The van der Waals surface area contributed by atoms with Crippen molar-refractivity contribution in [3.8, 4) is 0 Å². The Bertz CT molecular complexity index is 377. The van der Waals surface area contributed by atoms with Crippen molar-refractivity contribution in [2.75, 3.05) is 13.1 Å². The Kier molecular flexibility index (Phi) is 12.3. The standard InChI is InChI=1S/C9H12N2O3.C3H6O2.Na/c1-2-7(12)10-5-6-11-8(13)3-4-9(11)14;1-2-3(4)5;/h3-4H,2,5-6H2,1H3,(H,10,12);2H2,1H3,(H,4,5);/q;;+1/p-1. The van der Waals surface area contributed by atoms with Crippen LogP contribution >= 0.6 is 0 Å². The first-order chi connectivity index (χ1) is 8.92. The van der Waals surface area contributed by atoms with Gasteiger partial charge in [0.15, 0.2) is 0 Å². The topological polar surface area (TPSA) is 107 Å². The molecule has 106 valence electrons. The van der Waals surface area contributed by atoms with Gasteiger partial charge in [0.25, 0.3) is 11.8 Å². The third-order valence-electron chi connectivity index (χ3n) is 2.17. The molecule has 1 heterocycles. The number of imide groups is 1. The van der Waals surface area contributed by atoms with E-state index in [1.165, 1.54) is 19.1 Å². The second kappa shape index (κ2) is 11.6. The van der Waals surface area contributed by atoms with Crippen molar-refractivity contribution in [2.45, 2.75) is 26.7 Å². The van der Waals surface area contributed by atoms with Crippen molar-refractivity contribution >= 4 is 23.7 Å². The van der Waals surface area contributed by atoms with Crippen LogP contribution < -0.4 is 40.0 Å². The van der Waals surface area contributed by atoms with Crippen LogP contribution in [0.15, 0.2) is 12.2 Å². The summed E-state index contributed by atoms with van der Waals surface area (Å²) >= 11 is 0. The number of nitrogens with one attached hydrogen (secondary N) is 1. The van der Waals surface area contributed by atoms with Crippen molar-refractivity contribution in [3.63, 3.8) is 0 Å². The van der Waals surface area contributed by atoms with Crippen LogP contribution in [0.5, 0.6) is 0 Å². The van der Waals surface area contributed by atoms with Crippen LogP contribution in [0.3, 0.4) is 0 Å². The van der Waals surface area contributed by atoms with Crippen LogP contribution in [0, 0.1) is 0 Å². The summed E-state index contributed by atoms with van der Waals surface area (Å²) in [6.07, 6.45) is 2.97. The monoisotopic (exact) mass is 292 g/mol. The fourth-order valence-corrected chi connectivity index (χ4v) is 1.08. The summed E-state index contributed by atoms with van der Waals surface area (Å²) in [5.74, 6) is -1.72. The first-order valence-electron chi connectivity index (χ1n) is 5.92. The Labute approximate surface area is 139 Å². The summed E-state index contributed by atoms with van der Waals surface area (Å²) in [5.41, 5.74) is 0. The minimum Gasteiger partial charge on any atom is -0.550 e. The summed E-state index contributed by atoms with van der Waals surface area (Å²) in [4.78, 5) is 43.3. The quantitative estimate of drug-likeness (QED) is 0.407. The van der Waals surface area contributed by atoms with Gasteiger partial charge in [-0.05, 0) is 6.42 Å². The molecule has 0 fully saturated rings. The van der Waals surface area contributed by atoms with E-state index in [-0.39, 0.29) is 60.2 Å². The molecule has 0 saturated carbocycles. The molecule has 1 aliphatic heterocycles. The maximum atomic E-state index is 11.0. The van der Waals surface area contributed by atoms with Gasteiger partial charge in [-0.2, -0.15) is 0 Å². The molecule has 0 unspecified atom stereocenters. The minimum atomic E-state index is -0.995. The number of carbonyl (C=O) groups excluding carboxylic acids is 4. The smallest absolute Gasteiger partial charge is 0.550 e. The average Bonchev–Trinajstić information content (AvgIpc) is 2.70. The van der Waals surface area contributed by atoms with Gasteiger partial charge in [-0.3, -0.25) is 19.3 Å². The molecule has 20 heavy (non-hydrogen) atoms. The molecule has 0 atom stereocenters. The van der Waals surface area contributed by atoms with Crippen LogP contribution in [0.1, 0.15) is 26.7 Å². The molecule has 0 radical (unpaired) electrons. The Balaban J connectivity index is 0. The van der Waals surface area contributed by atoms with Crippen molar-refractivity contribution in [2.24, 2.45) is 0 Å². The van der Waals surface area contributed by atoms with E-state index in [1.54, 1.807) is 6.92 Å². The van der Waals surface area contributed by atoms with Crippen molar-refractivity contribution in [3.05, 3.63) is 12.2 Å². The van der Waals surface area contributed by atoms with Gasteiger partial charge in [-0.1, -0.05) is 13.8 Å². The number of carboxylic acid groups (broad SMARTS) is 1. The molecule has 0 aromatic rings. The Morgan fingerprint density at radius 2 is 1.60 bits per heavy atom. The van der Waals surface area contributed by atoms with Crippen LogP contribution in [0.4, 0.5) is 0 Å². The summed E-state index contributed by atoms with van der Waals surface area (Å²) in [6, 6.07) is 0. The van der Waals surface area contributed by atoms with Crippen molar-refractivity contribution in [1.82, 2.24) is 10.2 Å². The van der Waals surface area contributed by atoms with E-state index in [1.807, 2.05) is 0 Å². The Hall–Kier alpha value is -1.18. The van der Waals surface area contributed by atoms with Gasteiger partial charge in [0, 0.05) is 37.6 Å². The predicted octanol–water partition coefficient (Wildman–Crippen LogP) is -4.41. The van der Waals surface area contributed by atoms with Gasteiger partial charge in [-0.15, -0.1) is 0 Å². The molecule has 3 amide bonds. The summed E-state index contributed by atoms with van der Waals surface area (Å²) in [5, 5.41) is 11.8. The van der Waals surface area contributed by atoms with Crippen molar-refractivity contribution in [1.29, 1.82) is 0 Å².